The SMILES string of the molecule is CCC(CCC(CC)C(=O)N[B]C1CCCCCCC1)NC(=O)[B]C1CCCCCCC1. The maximum absolute atomic E-state index is 12.8. The van der Waals surface area contributed by atoms with Crippen LogP contribution in [0.25, 0.3) is 0 Å². The van der Waals surface area contributed by atoms with E-state index in [1.165, 1.54) is 77.0 Å². The van der Waals surface area contributed by atoms with Gasteiger partial charge in [0.15, 0.2) is 5.81 Å². The Labute approximate surface area is 199 Å². The van der Waals surface area contributed by atoms with Gasteiger partial charge in [-0.05, 0) is 31.5 Å². The van der Waals surface area contributed by atoms with Gasteiger partial charge in [-0.2, -0.15) is 0 Å². The summed E-state index contributed by atoms with van der Waals surface area (Å²) in [6, 6.07) is 0.156. The molecule has 2 aliphatic carbocycles. The molecular formula is C26H48B2N2O2. The number of carbonyl (C=O) groups is 2. The Morgan fingerprint density at radius 2 is 1.28 bits per heavy atom. The van der Waals surface area contributed by atoms with E-state index in [0.717, 1.165) is 38.5 Å². The Hall–Kier alpha value is -0.930. The molecule has 2 fully saturated rings. The molecule has 4 nitrogen and oxygen atoms in total. The first-order valence-corrected chi connectivity index (χ1v) is 13.9. The van der Waals surface area contributed by atoms with Crippen molar-refractivity contribution in [2.24, 2.45) is 5.92 Å². The fraction of sp³-hybridized carbons (Fsp3) is 0.923. The second kappa shape index (κ2) is 16.6. The standard InChI is InChI=1S/C26H48B2N2O2/c1-3-21(25(31)30-28-23-17-13-9-6-10-14-18-23)19-20-24(4-2)29-26(32)27-22-15-11-7-5-8-12-16-22/h21-24H,3-20H2,1-2H3,(H,29,32)(H,30,31). The van der Waals surface area contributed by atoms with Crippen LogP contribution in [0, 0.1) is 5.92 Å². The molecule has 2 rings (SSSR count). The lowest BCUT2D eigenvalue weighted by Gasteiger charge is -2.23. The minimum Gasteiger partial charge on any atom is -0.403 e. The van der Waals surface area contributed by atoms with Crippen LogP contribution in [0.5, 0.6) is 0 Å². The zero-order chi connectivity index (χ0) is 23.0. The quantitative estimate of drug-likeness (QED) is 0.346. The van der Waals surface area contributed by atoms with E-state index in [-0.39, 0.29) is 23.7 Å². The Bertz CT molecular complexity index is 516. The zero-order valence-corrected chi connectivity index (χ0v) is 21.0. The summed E-state index contributed by atoms with van der Waals surface area (Å²) in [4.78, 5) is 25.4. The van der Waals surface area contributed by atoms with Crippen LogP contribution in [0.3, 0.4) is 0 Å². The van der Waals surface area contributed by atoms with E-state index in [4.69, 9.17) is 0 Å². The van der Waals surface area contributed by atoms with Crippen LogP contribution < -0.4 is 10.5 Å². The minimum atomic E-state index is 0.0281. The van der Waals surface area contributed by atoms with Gasteiger partial charge in [0.25, 0.3) is 0 Å². The molecule has 2 atom stereocenters. The van der Waals surface area contributed by atoms with Crippen molar-refractivity contribution in [1.29, 1.82) is 0 Å². The molecule has 0 bridgehead atoms. The Morgan fingerprint density at radius 3 is 1.81 bits per heavy atom. The third kappa shape index (κ3) is 11.3. The molecule has 6 heteroatoms. The molecule has 0 spiro atoms. The molecule has 2 N–H and O–H groups in total. The molecule has 0 heterocycles. The van der Waals surface area contributed by atoms with Crippen LogP contribution in [-0.4, -0.2) is 32.4 Å². The van der Waals surface area contributed by atoms with Crippen LogP contribution in [0.15, 0.2) is 0 Å². The lowest BCUT2D eigenvalue weighted by molar-refractivity contribution is -0.123. The smallest absolute Gasteiger partial charge is 0.249 e. The van der Waals surface area contributed by atoms with E-state index in [9.17, 15) is 9.59 Å². The highest BCUT2D eigenvalue weighted by Gasteiger charge is 2.23. The number of hydrogen-bond donors (Lipinski definition) is 2. The van der Waals surface area contributed by atoms with Crippen LogP contribution in [0.1, 0.15) is 129 Å². The van der Waals surface area contributed by atoms with E-state index in [2.05, 4.69) is 31.8 Å². The van der Waals surface area contributed by atoms with Crippen LogP contribution >= 0.6 is 0 Å². The van der Waals surface area contributed by atoms with Crippen molar-refractivity contribution in [3.8, 4) is 0 Å². The number of amides is 2. The molecular weight excluding hydrogens is 394 g/mol. The van der Waals surface area contributed by atoms with Crippen molar-refractivity contribution in [2.75, 3.05) is 0 Å². The summed E-state index contributed by atoms with van der Waals surface area (Å²) in [7, 11) is 4.03. The summed E-state index contributed by atoms with van der Waals surface area (Å²) >= 11 is 0. The summed E-state index contributed by atoms with van der Waals surface area (Å²) in [5.74, 6) is 1.25. The summed E-state index contributed by atoms with van der Waals surface area (Å²) in [5, 5.41) is 6.37. The van der Waals surface area contributed by atoms with Crippen LogP contribution in [0.2, 0.25) is 11.6 Å². The maximum Gasteiger partial charge on any atom is 0.249 e. The molecule has 0 aromatic carbocycles. The molecule has 2 saturated carbocycles. The molecule has 32 heavy (non-hydrogen) atoms. The largest absolute Gasteiger partial charge is 0.403 e. The average Bonchev–Trinajstić information content (AvgIpc) is 2.74. The van der Waals surface area contributed by atoms with Gasteiger partial charge in [0.1, 0.15) is 0 Å². The summed E-state index contributed by atoms with van der Waals surface area (Å²) in [5.41, 5.74) is 0. The van der Waals surface area contributed by atoms with Gasteiger partial charge in [0, 0.05) is 12.0 Å². The number of hydrogen-bond acceptors (Lipinski definition) is 2. The van der Waals surface area contributed by atoms with E-state index >= 15 is 0 Å². The summed E-state index contributed by atoms with van der Waals surface area (Å²) in [6.07, 6.45) is 21.2. The predicted octanol–water partition coefficient (Wildman–Crippen LogP) is 6.79. The Kier molecular flexibility index (Phi) is 14.2. The highest BCUT2D eigenvalue weighted by atomic mass is 16.2. The third-order valence-corrected chi connectivity index (χ3v) is 7.71. The highest BCUT2D eigenvalue weighted by molar-refractivity contribution is 6.74. The number of carbonyl (C=O) groups excluding carboxylic acids is 2. The van der Waals surface area contributed by atoms with E-state index < -0.39 is 0 Å². The van der Waals surface area contributed by atoms with Crippen molar-refractivity contribution in [3.63, 3.8) is 0 Å². The van der Waals surface area contributed by atoms with Gasteiger partial charge in [-0.1, -0.05) is 110 Å². The van der Waals surface area contributed by atoms with Crippen molar-refractivity contribution in [1.82, 2.24) is 10.5 Å². The minimum absolute atomic E-state index is 0.0281. The van der Waals surface area contributed by atoms with Crippen LogP contribution in [0.4, 0.5) is 4.79 Å². The fourth-order valence-corrected chi connectivity index (χ4v) is 5.39. The van der Waals surface area contributed by atoms with Crippen LogP contribution in [-0.2, 0) is 4.79 Å². The van der Waals surface area contributed by atoms with Gasteiger partial charge in [-0.3, -0.25) is 9.59 Å². The predicted molar refractivity (Wildman–Crippen MR) is 137 cm³/mol. The van der Waals surface area contributed by atoms with Crippen molar-refractivity contribution in [2.45, 2.75) is 147 Å². The summed E-state index contributed by atoms with van der Waals surface area (Å²) < 4.78 is 0. The Balaban J connectivity index is 1.70. The van der Waals surface area contributed by atoms with Gasteiger partial charge in [-0.15, -0.1) is 0 Å². The second-order valence-corrected chi connectivity index (χ2v) is 10.3. The van der Waals surface area contributed by atoms with Crippen molar-refractivity contribution >= 4 is 26.4 Å². The van der Waals surface area contributed by atoms with E-state index in [1.54, 1.807) is 0 Å². The zero-order valence-electron chi connectivity index (χ0n) is 21.0. The molecule has 180 valence electrons. The molecule has 2 aliphatic rings. The molecule has 2 unspecified atom stereocenters. The molecule has 0 saturated heterocycles. The lowest BCUT2D eigenvalue weighted by Crippen LogP contribution is -2.39. The first kappa shape index (κ1) is 27.3. The Morgan fingerprint density at radius 1 is 0.750 bits per heavy atom. The van der Waals surface area contributed by atoms with Gasteiger partial charge < -0.3 is 10.5 Å². The fourth-order valence-electron chi connectivity index (χ4n) is 5.39. The number of rotatable bonds is 11. The lowest BCUT2D eigenvalue weighted by atomic mass is 9.59. The molecule has 0 aromatic rings. The van der Waals surface area contributed by atoms with Gasteiger partial charge in [0.2, 0.25) is 20.6 Å². The normalized spacial score (nSPS) is 21.2. The summed E-state index contributed by atoms with van der Waals surface area (Å²) in [6.45, 7) is 4.23. The maximum atomic E-state index is 12.8. The number of nitrogens with one attached hydrogen (secondary N) is 2. The van der Waals surface area contributed by atoms with E-state index in [1.807, 2.05) is 7.28 Å². The molecule has 2 radical (unpaired) electrons. The third-order valence-electron chi connectivity index (χ3n) is 7.71. The van der Waals surface area contributed by atoms with Gasteiger partial charge in [-0.25, -0.2) is 0 Å². The monoisotopic (exact) mass is 442 g/mol. The molecule has 0 aromatic heterocycles. The first-order valence-electron chi connectivity index (χ1n) is 13.9. The van der Waals surface area contributed by atoms with Crippen molar-refractivity contribution < 1.29 is 9.59 Å². The topological polar surface area (TPSA) is 58.2 Å². The van der Waals surface area contributed by atoms with E-state index in [0.29, 0.717) is 11.6 Å². The average molecular weight is 442 g/mol. The van der Waals surface area contributed by atoms with Gasteiger partial charge in [0.05, 0.1) is 0 Å². The van der Waals surface area contributed by atoms with Gasteiger partial charge >= 0.3 is 0 Å². The molecule has 0 aliphatic heterocycles. The second-order valence-electron chi connectivity index (χ2n) is 10.3. The van der Waals surface area contributed by atoms with Crippen molar-refractivity contribution in [3.05, 3.63) is 0 Å². The molecule has 2 amide bonds. The highest BCUT2D eigenvalue weighted by Crippen LogP contribution is 2.27. The first-order chi connectivity index (χ1) is 15.6.